The topological polar surface area (TPSA) is 83.7 Å². The van der Waals surface area contributed by atoms with E-state index in [0.717, 1.165) is 59.7 Å². The lowest BCUT2D eigenvalue weighted by atomic mass is 9.98. The molecule has 4 heterocycles. The summed E-state index contributed by atoms with van der Waals surface area (Å²) < 4.78 is 9.05. The molecule has 37 heavy (non-hydrogen) atoms. The number of para-hydroxylation sites is 2. The van der Waals surface area contributed by atoms with Crippen LogP contribution < -0.4 is 4.31 Å². The summed E-state index contributed by atoms with van der Waals surface area (Å²) in [7, 11) is 0. The van der Waals surface area contributed by atoms with Gasteiger partial charge in [-0.25, -0.2) is 4.98 Å². The summed E-state index contributed by atoms with van der Waals surface area (Å²) in [6.45, 7) is 0. The fraction of sp³-hybridized carbons (Fsp3) is 0. The number of H-pyrrole nitrogens is 1. The van der Waals surface area contributed by atoms with Crippen LogP contribution in [0.4, 0.5) is 5.69 Å². The molecule has 0 aliphatic carbocycles. The molecule has 0 saturated heterocycles. The van der Waals surface area contributed by atoms with Crippen LogP contribution in [0.3, 0.4) is 0 Å². The van der Waals surface area contributed by atoms with E-state index < -0.39 is 0 Å². The predicted octanol–water partition coefficient (Wildman–Crippen LogP) is 7.54. The van der Waals surface area contributed by atoms with Crippen LogP contribution >= 0.6 is 23.3 Å². The number of nitrogens with one attached hydrogen (secondary N) is 1. The van der Waals surface area contributed by atoms with Gasteiger partial charge in [0.15, 0.2) is 5.58 Å². The lowest BCUT2D eigenvalue weighted by molar-refractivity contribution is 0.459. The molecule has 0 radical (unpaired) electrons. The van der Waals surface area contributed by atoms with Crippen LogP contribution in [-0.2, 0) is 0 Å². The van der Waals surface area contributed by atoms with Gasteiger partial charge in [0.25, 0.3) is 0 Å². The number of hydrogen-bond acceptors (Lipinski definition) is 8. The lowest BCUT2D eigenvalue weighted by Gasteiger charge is -2.26. The Bertz CT molecular complexity index is 1970. The first-order valence-corrected chi connectivity index (χ1v) is 13.3. The van der Waals surface area contributed by atoms with E-state index in [-0.39, 0.29) is 0 Å². The summed E-state index contributed by atoms with van der Waals surface area (Å²) in [4.78, 5) is 6.24. The molecule has 0 bridgehead atoms. The molecule has 1 aliphatic heterocycles. The smallest absolute Gasteiger partial charge is 0.167 e. The van der Waals surface area contributed by atoms with Crippen molar-refractivity contribution < 1.29 is 4.52 Å². The number of rotatable bonds is 3. The Morgan fingerprint density at radius 2 is 1.73 bits per heavy atom. The first kappa shape index (κ1) is 20.7. The van der Waals surface area contributed by atoms with Crippen LogP contribution in [-0.4, -0.2) is 25.6 Å². The maximum Gasteiger partial charge on any atom is 0.167 e. The standard InChI is InChI=1S/C28H16N6OS2/c1-5-11-22-16(7-1)13-14-34(37-22)20-15-19-27(31-33-30-19)25(26-17-8-2-4-10-21(17)35-32-26)24(20)28-29-18-9-3-6-12-23(18)36-28/h1-15H,(H,30,31,33). The number of aromatic amines is 1. The quantitative estimate of drug-likeness (QED) is 0.243. The van der Waals surface area contributed by atoms with Gasteiger partial charge in [-0.15, -0.1) is 16.4 Å². The molecule has 3 aromatic heterocycles. The predicted molar refractivity (Wildman–Crippen MR) is 149 cm³/mol. The fourth-order valence-electron chi connectivity index (χ4n) is 4.76. The molecule has 0 unspecified atom stereocenters. The maximum atomic E-state index is 5.76. The average Bonchev–Trinajstić information content (AvgIpc) is 3.69. The molecule has 1 aliphatic rings. The van der Waals surface area contributed by atoms with Crippen LogP contribution in [0.1, 0.15) is 5.56 Å². The lowest BCUT2D eigenvalue weighted by Crippen LogP contribution is -2.11. The van der Waals surface area contributed by atoms with Gasteiger partial charge in [0.2, 0.25) is 0 Å². The van der Waals surface area contributed by atoms with Crippen LogP contribution in [0, 0.1) is 0 Å². The second-order valence-corrected chi connectivity index (χ2v) is 10.7. The molecule has 0 saturated carbocycles. The highest BCUT2D eigenvalue weighted by Crippen LogP contribution is 2.49. The third-order valence-corrected chi connectivity index (χ3v) is 8.61. The number of hydrogen-bond donors (Lipinski definition) is 1. The SMILES string of the molecule is C1=CN(c2cc3nn[nH]c3c(-c3noc4ccccc34)c2-c2nc3ccccc3s2)Sc2ccccc21. The van der Waals surface area contributed by atoms with Gasteiger partial charge in [0, 0.05) is 27.6 Å². The van der Waals surface area contributed by atoms with E-state index in [0.29, 0.717) is 0 Å². The van der Waals surface area contributed by atoms with Gasteiger partial charge in [0.1, 0.15) is 16.2 Å². The van der Waals surface area contributed by atoms with Crippen molar-refractivity contribution in [1.82, 2.24) is 25.6 Å². The molecular weight excluding hydrogens is 500 g/mol. The van der Waals surface area contributed by atoms with Crippen molar-refractivity contribution in [3.05, 3.63) is 90.6 Å². The molecule has 0 spiro atoms. The second-order valence-electron chi connectivity index (χ2n) is 8.64. The molecule has 4 aromatic carbocycles. The van der Waals surface area contributed by atoms with Gasteiger partial charge in [-0.1, -0.05) is 52.8 Å². The average molecular weight is 517 g/mol. The van der Waals surface area contributed by atoms with Crippen molar-refractivity contribution >= 4 is 67.3 Å². The molecule has 7 nitrogen and oxygen atoms in total. The molecule has 0 fully saturated rings. The van der Waals surface area contributed by atoms with E-state index in [1.54, 1.807) is 23.3 Å². The van der Waals surface area contributed by atoms with E-state index in [2.05, 4.69) is 73.5 Å². The largest absolute Gasteiger partial charge is 0.356 e. The maximum absolute atomic E-state index is 5.76. The van der Waals surface area contributed by atoms with Gasteiger partial charge >= 0.3 is 0 Å². The minimum Gasteiger partial charge on any atom is -0.356 e. The number of thiazole rings is 1. The van der Waals surface area contributed by atoms with Crippen LogP contribution in [0.2, 0.25) is 0 Å². The van der Waals surface area contributed by atoms with E-state index in [9.17, 15) is 0 Å². The molecule has 176 valence electrons. The first-order valence-electron chi connectivity index (χ1n) is 11.7. The van der Waals surface area contributed by atoms with Crippen molar-refractivity contribution in [2.75, 3.05) is 4.31 Å². The summed E-state index contributed by atoms with van der Waals surface area (Å²) in [6.07, 6.45) is 4.22. The third-order valence-electron chi connectivity index (χ3n) is 6.47. The first-order chi connectivity index (χ1) is 18.3. The normalized spacial score (nSPS) is 13.1. The van der Waals surface area contributed by atoms with Crippen molar-refractivity contribution in [1.29, 1.82) is 0 Å². The Morgan fingerprint density at radius 3 is 2.70 bits per heavy atom. The Morgan fingerprint density at radius 1 is 0.865 bits per heavy atom. The van der Waals surface area contributed by atoms with Gasteiger partial charge in [0.05, 0.1) is 21.4 Å². The molecule has 1 N–H and O–H groups in total. The Labute approximate surface area is 218 Å². The van der Waals surface area contributed by atoms with E-state index >= 15 is 0 Å². The van der Waals surface area contributed by atoms with Crippen LogP contribution in [0.25, 0.3) is 60.1 Å². The number of aromatic nitrogens is 5. The second kappa shape index (κ2) is 8.02. The molecule has 0 amide bonds. The molecular formula is C28H16N6OS2. The van der Waals surface area contributed by atoms with Crippen molar-refractivity contribution in [2.24, 2.45) is 0 Å². The summed E-state index contributed by atoms with van der Waals surface area (Å²) in [5, 5.41) is 18.0. The molecule has 9 heteroatoms. The summed E-state index contributed by atoms with van der Waals surface area (Å²) in [5.74, 6) is 0. The number of benzene rings is 4. The van der Waals surface area contributed by atoms with Gasteiger partial charge in [-0.3, -0.25) is 9.40 Å². The highest BCUT2D eigenvalue weighted by atomic mass is 32.2. The van der Waals surface area contributed by atoms with Crippen LogP contribution in [0.5, 0.6) is 0 Å². The molecule has 0 atom stereocenters. The summed E-state index contributed by atoms with van der Waals surface area (Å²) in [6, 6.07) is 26.5. The van der Waals surface area contributed by atoms with Crippen LogP contribution in [0.15, 0.2) is 94.5 Å². The summed E-state index contributed by atoms with van der Waals surface area (Å²) >= 11 is 3.33. The fourth-order valence-corrected chi connectivity index (χ4v) is 6.75. The third kappa shape index (κ3) is 3.21. The van der Waals surface area contributed by atoms with E-state index in [1.807, 2.05) is 42.5 Å². The number of anilines is 1. The van der Waals surface area contributed by atoms with E-state index in [4.69, 9.17) is 9.51 Å². The summed E-state index contributed by atoms with van der Waals surface area (Å²) in [5.41, 5.74) is 7.92. The highest BCUT2D eigenvalue weighted by Gasteiger charge is 2.28. The number of fused-ring (bicyclic) bond motifs is 4. The monoisotopic (exact) mass is 516 g/mol. The van der Waals surface area contributed by atoms with Crippen molar-refractivity contribution in [3.8, 4) is 21.8 Å². The van der Waals surface area contributed by atoms with Crippen molar-refractivity contribution in [2.45, 2.75) is 4.90 Å². The zero-order valence-electron chi connectivity index (χ0n) is 19.1. The molecule has 8 rings (SSSR count). The Kier molecular flexibility index (Phi) is 4.49. The van der Waals surface area contributed by atoms with E-state index in [1.165, 1.54) is 10.5 Å². The zero-order valence-corrected chi connectivity index (χ0v) is 20.8. The van der Waals surface area contributed by atoms with Gasteiger partial charge in [-0.2, -0.15) is 0 Å². The zero-order chi connectivity index (χ0) is 24.3. The molecule has 7 aromatic rings. The van der Waals surface area contributed by atoms with Gasteiger partial charge < -0.3 is 4.52 Å². The Balaban J connectivity index is 1.47. The number of nitrogens with zero attached hydrogens (tertiary/aromatic N) is 5. The van der Waals surface area contributed by atoms with Crippen molar-refractivity contribution in [3.63, 3.8) is 0 Å². The minimum atomic E-state index is 0.722. The Hall–Kier alpha value is -4.47. The highest BCUT2D eigenvalue weighted by molar-refractivity contribution is 8.01. The minimum absolute atomic E-state index is 0.722. The van der Waals surface area contributed by atoms with Gasteiger partial charge in [-0.05, 0) is 60.0 Å².